The highest BCUT2D eigenvalue weighted by molar-refractivity contribution is 5.96. The summed E-state index contributed by atoms with van der Waals surface area (Å²) in [7, 11) is 1.34. The average Bonchev–Trinajstić information content (AvgIpc) is 3.28. The van der Waals surface area contributed by atoms with Crippen molar-refractivity contribution >= 4 is 29.4 Å². The summed E-state index contributed by atoms with van der Waals surface area (Å²) in [6.07, 6.45) is 4.91. The van der Waals surface area contributed by atoms with E-state index in [0.717, 1.165) is 38.0 Å². The lowest BCUT2D eigenvalue weighted by Crippen LogP contribution is -2.57. The maximum atomic E-state index is 14.1. The number of esters is 1. The molecule has 0 atom stereocenters. The summed E-state index contributed by atoms with van der Waals surface area (Å²) in [6, 6.07) is 20.4. The van der Waals surface area contributed by atoms with Crippen molar-refractivity contribution in [1.82, 2.24) is 14.7 Å². The number of nitrogens with zero attached hydrogens (tertiary/aromatic N) is 4. The van der Waals surface area contributed by atoms with Crippen LogP contribution in [-0.4, -0.2) is 90.4 Å². The Labute approximate surface area is 248 Å². The third kappa shape index (κ3) is 6.61. The molecule has 3 aliphatic heterocycles. The lowest BCUT2D eigenvalue weighted by molar-refractivity contribution is -0.143. The van der Waals surface area contributed by atoms with Gasteiger partial charge in [-0.1, -0.05) is 48.5 Å². The predicted molar refractivity (Wildman–Crippen MR) is 159 cm³/mol. The number of benzene rings is 2. The number of methoxy groups -OCH3 is 1. The van der Waals surface area contributed by atoms with Gasteiger partial charge in [-0.15, -0.1) is 0 Å². The average molecular weight is 575 g/mol. The Bertz CT molecular complexity index is 1240. The fraction of sp³-hybridized carbons (Fsp3) is 0.515. The lowest BCUT2D eigenvalue weighted by Gasteiger charge is -2.43. The summed E-state index contributed by atoms with van der Waals surface area (Å²) < 4.78 is 4.67. The van der Waals surface area contributed by atoms with Gasteiger partial charge in [0.2, 0.25) is 11.8 Å². The highest BCUT2D eigenvalue weighted by atomic mass is 16.5. The fourth-order valence-corrected chi connectivity index (χ4v) is 6.69. The lowest BCUT2D eigenvalue weighted by atomic mass is 9.85. The van der Waals surface area contributed by atoms with Crippen LogP contribution in [0, 0.1) is 5.92 Å². The Morgan fingerprint density at radius 3 is 2.10 bits per heavy atom. The van der Waals surface area contributed by atoms with Gasteiger partial charge < -0.3 is 24.3 Å². The second-order valence-corrected chi connectivity index (χ2v) is 11.8. The van der Waals surface area contributed by atoms with Gasteiger partial charge in [0.1, 0.15) is 12.1 Å². The van der Waals surface area contributed by atoms with E-state index >= 15 is 0 Å². The van der Waals surface area contributed by atoms with E-state index in [-0.39, 0.29) is 43.1 Å². The molecule has 0 radical (unpaired) electrons. The first-order valence-corrected chi connectivity index (χ1v) is 15.2. The van der Waals surface area contributed by atoms with E-state index in [9.17, 15) is 19.2 Å². The van der Waals surface area contributed by atoms with Crippen LogP contribution in [0.25, 0.3) is 0 Å². The topological polar surface area (TPSA) is 90.5 Å². The van der Waals surface area contributed by atoms with E-state index in [1.807, 2.05) is 41.3 Å². The number of amides is 3. The van der Waals surface area contributed by atoms with Crippen LogP contribution < -0.4 is 4.90 Å². The van der Waals surface area contributed by atoms with Gasteiger partial charge in [-0.05, 0) is 62.1 Å². The van der Waals surface area contributed by atoms with Crippen molar-refractivity contribution in [1.29, 1.82) is 0 Å². The summed E-state index contributed by atoms with van der Waals surface area (Å²) in [5, 5.41) is 0. The molecule has 2 aromatic carbocycles. The van der Waals surface area contributed by atoms with Crippen LogP contribution in [0.4, 0.5) is 5.69 Å². The van der Waals surface area contributed by atoms with Crippen molar-refractivity contribution in [3.05, 3.63) is 66.2 Å². The zero-order valence-electron chi connectivity index (χ0n) is 24.6. The molecule has 9 heteroatoms. The number of piperidine rings is 2. The van der Waals surface area contributed by atoms with Crippen molar-refractivity contribution in [2.75, 3.05) is 51.4 Å². The highest BCUT2D eigenvalue weighted by Crippen LogP contribution is 2.39. The number of ether oxygens (including phenoxy) is 1. The highest BCUT2D eigenvalue weighted by Gasteiger charge is 2.54. The fourth-order valence-electron chi connectivity index (χ4n) is 6.69. The van der Waals surface area contributed by atoms with Crippen LogP contribution in [-0.2, 0) is 30.3 Å². The Balaban J connectivity index is 1.20. The molecule has 9 nitrogen and oxygen atoms in total. The van der Waals surface area contributed by atoms with Crippen molar-refractivity contribution in [2.24, 2.45) is 5.92 Å². The largest absolute Gasteiger partial charge is 0.469 e. The van der Waals surface area contributed by atoms with E-state index < -0.39 is 5.54 Å². The summed E-state index contributed by atoms with van der Waals surface area (Å²) in [5.74, 6) is 0.214. The van der Waals surface area contributed by atoms with E-state index in [2.05, 4.69) is 33.9 Å². The number of likely N-dealkylation sites (tertiary alicyclic amines) is 2. The number of hydrogen-bond acceptors (Lipinski definition) is 6. The molecule has 0 aliphatic carbocycles. The van der Waals surface area contributed by atoms with Crippen LogP contribution in [0.3, 0.4) is 0 Å². The van der Waals surface area contributed by atoms with E-state index in [0.29, 0.717) is 44.9 Å². The number of hydrogen-bond donors (Lipinski definition) is 0. The maximum Gasteiger partial charge on any atom is 0.305 e. The van der Waals surface area contributed by atoms with Crippen LogP contribution in [0.5, 0.6) is 0 Å². The summed E-state index contributed by atoms with van der Waals surface area (Å²) in [6.45, 7) is 2.79. The van der Waals surface area contributed by atoms with Crippen molar-refractivity contribution in [3.63, 3.8) is 0 Å². The zero-order valence-corrected chi connectivity index (χ0v) is 24.6. The molecule has 1 spiro atoms. The van der Waals surface area contributed by atoms with Gasteiger partial charge in [-0.25, -0.2) is 0 Å². The zero-order chi connectivity index (χ0) is 29.5. The molecule has 3 heterocycles. The summed E-state index contributed by atoms with van der Waals surface area (Å²) in [5.41, 5.74) is 1.50. The normalized spacial score (nSPS) is 18.9. The minimum atomic E-state index is -0.785. The number of carbonyl (C=O) groups is 4. The van der Waals surface area contributed by atoms with Gasteiger partial charge in [0.15, 0.2) is 0 Å². The molecular weight excluding hydrogens is 532 g/mol. The molecule has 3 aliphatic rings. The molecule has 3 amide bonds. The molecule has 0 N–H and O–H groups in total. The quantitative estimate of drug-likeness (QED) is 0.426. The third-order valence-corrected chi connectivity index (χ3v) is 9.19. The first-order valence-electron chi connectivity index (χ1n) is 15.2. The summed E-state index contributed by atoms with van der Waals surface area (Å²) in [4.78, 5) is 59.3. The number of rotatable bonds is 9. The smallest absolute Gasteiger partial charge is 0.305 e. The SMILES string of the molecule is COC(=O)CCCC(=O)N1CCC2(CC1)C(=O)N(CC(=O)N1CCC(Cc3ccccc3)CC1)CN2c1ccccc1. The molecule has 5 rings (SSSR count). The first kappa shape index (κ1) is 29.6. The monoisotopic (exact) mass is 574 g/mol. The van der Waals surface area contributed by atoms with Gasteiger partial charge in [-0.2, -0.15) is 0 Å². The van der Waals surface area contributed by atoms with Gasteiger partial charge in [0.25, 0.3) is 5.91 Å². The molecule has 224 valence electrons. The second kappa shape index (κ2) is 13.4. The molecule has 0 unspecified atom stereocenters. The van der Waals surface area contributed by atoms with Crippen LogP contribution in [0.2, 0.25) is 0 Å². The molecule has 3 fully saturated rings. The third-order valence-electron chi connectivity index (χ3n) is 9.19. The minimum absolute atomic E-state index is 0.00444. The molecule has 0 bridgehead atoms. The molecule has 2 aromatic rings. The predicted octanol–water partition coefficient (Wildman–Crippen LogP) is 3.48. The van der Waals surface area contributed by atoms with E-state index in [4.69, 9.17) is 0 Å². The number of para-hydroxylation sites is 1. The van der Waals surface area contributed by atoms with Gasteiger partial charge >= 0.3 is 5.97 Å². The first-order chi connectivity index (χ1) is 20.4. The van der Waals surface area contributed by atoms with Gasteiger partial charge in [0.05, 0.1) is 13.8 Å². The van der Waals surface area contributed by atoms with Crippen LogP contribution in [0.15, 0.2) is 60.7 Å². The van der Waals surface area contributed by atoms with E-state index in [1.165, 1.54) is 12.7 Å². The molecule has 0 saturated carbocycles. The standard InChI is InChI=1S/C33H42N4O5/c1-42-31(40)14-8-13-29(38)35-21-17-33(18-22-35)32(41)36(25-37(33)28-11-6-3-7-12-28)24-30(39)34-19-15-27(16-20-34)23-26-9-4-2-5-10-26/h2-7,9-12,27H,8,13-25H2,1H3. The van der Waals surface area contributed by atoms with Gasteiger partial charge in [0, 0.05) is 44.7 Å². The van der Waals surface area contributed by atoms with Crippen LogP contribution >= 0.6 is 0 Å². The maximum absolute atomic E-state index is 14.1. The molecule has 3 saturated heterocycles. The molecular formula is C33H42N4O5. The Kier molecular flexibility index (Phi) is 9.45. The van der Waals surface area contributed by atoms with Crippen molar-refractivity contribution < 1.29 is 23.9 Å². The Morgan fingerprint density at radius 1 is 0.833 bits per heavy atom. The molecule has 42 heavy (non-hydrogen) atoms. The van der Waals surface area contributed by atoms with Crippen molar-refractivity contribution in [3.8, 4) is 0 Å². The second-order valence-electron chi connectivity index (χ2n) is 11.8. The Hall–Kier alpha value is -3.88. The summed E-state index contributed by atoms with van der Waals surface area (Å²) >= 11 is 0. The van der Waals surface area contributed by atoms with E-state index in [1.54, 1.807) is 9.80 Å². The van der Waals surface area contributed by atoms with Crippen molar-refractivity contribution in [2.45, 2.75) is 56.9 Å². The minimum Gasteiger partial charge on any atom is -0.469 e. The molecule has 0 aromatic heterocycles. The van der Waals surface area contributed by atoms with Gasteiger partial charge in [-0.3, -0.25) is 19.2 Å². The Morgan fingerprint density at radius 2 is 1.45 bits per heavy atom. The number of anilines is 1. The number of carbonyl (C=O) groups excluding carboxylic acids is 4. The van der Waals surface area contributed by atoms with Crippen LogP contribution in [0.1, 0.15) is 50.5 Å².